The molecule has 0 spiro atoms. The van der Waals surface area contributed by atoms with Crippen LogP contribution in [-0.4, -0.2) is 39.2 Å². The van der Waals surface area contributed by atoms with E-state index >= 15 is 0 Å². The van der Waals surface area contributed by atoms with Crippen molar-refractivity contribution in [3.63, 3.8) is 0 Å². The van der Waals surface area contributed by atoms with Gasteiger partial charge in [0, 0.05) is 18.3 Å². The first kappa shape index (κ1) is 11.6. The molecule has 0 aromatic heterocycles. The van der Waals surface area contributed by atoms with Crippen molar-refractivity contribution in [1.82, 2.24) is 4.90 Å². The standard InChI is InChI=1S/C10H17N3O2S/c11-10-9(7-12-16(10,14)15)8-13-5-3-1-2-4-6-13/h7H,1-6,8,11H2. The van der Waals surface area contributed by atoms with E-state index in [0.29, 0.717) is 12.1 Å². The zero-order valence-corrected chi connectivity index (χ0v) is 10.0. The lowest BCUT2D eigenvalue weighted by molar-refractivity contribution is 0.312. The highest BCUT2D eigenvalue weighted by Gasteiger charge is 2.24. The molecule has 0 unspecified atom stereocenters. The molecule has 0 aromatic rings. The normalized spacial score (nSPS) is 26.0. The van der Waals surface area contributed by atoms with E-state index in [1.54, 1.807) is 0 Å². The van der Waals surface area contributed by atoms with E-state index in [9.17, 15) is 8.42 Å². The molecule has 16 heavy (non-hydrogen) atoms. The van der Waals surface area contributed by atoms with Crippen LogP contribution in [0.1, 0.15) is 25.7 Å². The Morgan fingerprint density at radius 3 is 2.38 bits per heavy atom. The molecule has 90 valence electrons. The minimum atomic E-state index is -3.53. The zero-order chi connectivity index (χ0) is 11.6. The van der Waals surface area contributed by atoms with Crippen LogP contribution in [-0.2, 0) is 10.0 Å². The van der Waals surface area contributed by atoms with Gasteiger partial charge in [-0.1, -0.05) is 12.8 Å². The largest absolute Gasteiger partial charge is 0.388 e. The first-order valence-corrected chi connectivity index (χ1v) is 7.05. The quantitative estimate of drug-likeness (QED) is 0.764. The molecule has 5 nitrogen and oxygen atoms in total. The van der Waals surface area contributed by atoms with E-state index in [1.807, 2.05) is 0 Å². The summed E-state index contributed by atoms with van der Waals surface area (Å²) in [5.41, 5.74) is 6.19. The van der Waals surface area contributed by atoms with Gasteiger partial charge in [0.05, 0.1) is 0 Å². The third-order valence-corrected chi connectivity index (χ3v) is 4.24. The van der Waals surface area contributed by atoms with E-state index < -0.39 is 10.0 Å². The number of nitrogens with zero attached hydrogens (tertiary/aromatic N) is 2. The summed E-state index contributed by atoms with van der Waals surface area (Å²) in [6.07, 6.45) is 6.26. The van der Waals surface area contributed by atoms with Crippen LogP contribution in [0, 0.1) is 0 Å². The monoisotopic (exact) mass is 243 g/mol. The molecule has 0 amide bonds. The maximum Gasteiger partial charge on any atom is 0.297 e. The van der Waals surface area contributed by atoms with Crippen LogP contribution in [0.5, 0.6) is 0 Å². The summed E-state index contributed by atoms with van der Waals surface area (Å²) >= 11 is 0. The summed E-state index contributed by atoms with van der Waals surface area (Å²) in [4.78, 5) is 2.25. The Labute approximate surface area is 96.1 Å². The summed E-state index contributed by atoms with van der Waals surface area (Å²) < 4.78 is 26.0. The van der Waals surface area contributed by atoms with Gasteiger partial charge < -0.3 is 5.73 Å². The van der Waals surface area contributed by atoms with Gasteiger partial charge >= 0.3 is 0 Å². The molecule has 0 radical (unpaired) electrons. The SMILES string of the molecule is NC1=C(CN2CCCCCC2)C=NS1(=O)=O. The Balaban J connectivity index is 2.05. The van der Waals surface area contributed by atoms with Crippen molar-refractivity contribution in [2.24, 2.45) is 10.1 Å². The summed E-state index contributed by atoms with van der Waals surface area (Å²) in [7, 11) is -3.53. The maximum atomic E-state index is 11.3. The second kappa shape index (κ2) is 4.55. The first-order chi connectivity index (χ1) is 7.59. The first-order valence-electron chi connectivity index (χ1n) is 5.61. The summed E-state index contributed by atoms with van der Waals surface area (Å²) in [6, 6.07) is 0. The van der Waals surface area contributed by atoms with Crippen LogP contribution >= 0.6 is 0 Å². The van der Waals surface area contributed by atoms with Gasteiger partial charge in [-0.2, -0.15) is 12.8 Å². The smallest absolute Gasteiger partial charge is 0.297 e. The molecule has 2 rings (SSSR count). The Bertz CT molecular complexity index is 417. The highest BCUT2D eigenvalue weighted by atomic mass is 32.2. The minimum Gasteiger partial charge on any atom is -0.388 e. The van der Waals surface area contributed by atoms with E-state index in [4.69, 9.17) is 5.73 Å². The molecular formula is C10H17N3O2S. The Kier molecular flexibility index (Phi) is 3.30. The highest BCUT2D eigenvalue weighted by Crippen LogP contribution is 2.17. The lowest BCUT2D eigenvalue weighted by Gasteiger charge is -2.19. The molecule has 0 aromatic carbocycles. The van der Waals surface area contributed by atoms with Crippen molar-refractivity contribution >= 4 is 16.2 Å². The molecule has 2 aliphatic heterocycles. The fourth-order valence-corrected chi connectivity index (χ4v) is 2.90. The van der Waals surface area contributed by atoms with Crippen molar-refractivity contribution < 1.29 is 8.42 Å². The second-order valence-corrected chi connectivity index (χ2v) is 5.89. The molecule has 0 saturated carbocycles. The van der Waals surface area contributed by atoms with Crippen LogP contribution in [0.3, 0.4) is 0 Å². The average Bonchev–Trinajstić information content (AvgIpc) is 2.50. The number of hydrogen-bond acceptors (Lipinski definition) is 4. The number of nitrogens with two attached hydrogens (primary N) is 1. The van der Waals surface area contributed by atoms with Gasteiger partial charge in [0.2, 0.25) is 0 Å². The van der Waals surface area contributed by atoms with Crippen molar-refractivity contribution in [3.05, 3.63) is 10.6 Å². The Hall–Kier alpha value is -0.880. The minimum absolute atomic E-state index is 0.0725. The lowest BCUT2D eigenvalue weighted by atomic mass is 10.2. The van der Waals surface area contributed by atoms with Gasteiger partial charge in [0.1, 0.15) is 0 Å². The highest BCUT2D eigenvalue weighted by molar-refractivity contribution is 7.94. The Morgan fingerprint density at radius 1 is 1.25 bits per heavy atom. The number of likely N-dealkylation sites (tertiary alicyclic amines) is 1. The molecular weight excluding hydrogens is 226 g/mol. The average molecular weight is 243 g/mol. The summed E-state index contributed by atoms with van der Waals surface area (Å²) in [5, 5.41) is -0.0725. The van der Waals surface area contributed by atoms with Gasteiger partial charge in [-0.25, -0.2) is 0 Å². The topological polar surface area (TPSA) is 75.8 Å². The van der Waals surface area contributed by atoms with E-state index in [2.05, 4.69) is 9.30 Å². The number of rotatable bonds is 2. The van der Waals surface area contributed by atoms with Crippen molar-refractivity contribution in [1.29, 1.82) is 0 Å². The van der Waals surface area contributed by atoms with E-state index in [0.717, 1.165) is 13.1 Å². The molecule has 2 heterocycles. The molecule has 0 atom stereocenters. The fourth-order valence-electron chi connectivity index (χ4n) is 2.07. The van der Waals surface area contributed by atoms with E-state index in [-0.39, 0.29) is 5.03 Å². The van der Waals surface area contributed by atoms with Gasteiger partial charge in [-0.3, -0.25) is 4.90 Å². The lowest BCUT2D eigenvalue weighted by Crippen LogP contribution is -2.28. The molecule has 1 fully saturated rings. The fraction of sp³-hybridized carbons (Fsp3) is 0.700. The van der Waals surface area contributed by atoms with Crippen LogP contribution in [0.15, 0.2) is 15.0 Å². The van der Waals surface area contributed by atoms with Gasteiger partial charge in [-0.15, -0.1) is 0 Å². The van der Waals surface area contributed by atoms with Crippen molar-refractivity contribution in [3.8, 4) is 0 Å². The van der Waals surface area contributed by atoms with Gasteiger partial charge in [0.15, 0.2) is 5.03 Å². The van der Waals surface area contributed by atoms with E-state index in [1.165, 1.54) is 31.9 Å². The van der Waals surface area contributed by atoms with Crippen molar-refractivity contribution in [2.45, 2.75) is 25.7 Å². The predicted octanol–water partition coefficient (Wildman–Crippen LogP) is 0.447. The van der Waals surface area contributed by atoms with Crippen molar-refractivity contribution in [2.75, 3.05) is 19.6 Å². The molecule has 0 aliphatic carbocycles. The van der Waals surface area contributed by atoms with Gasteiger partial charge in [-0.05, 0) is 25.9 Å². The molecule has 2 N–H and O–H groups in total. The Morgan fingerprint density at radius 2 is 1.88 bits per heavy atom. The molecule has 2 aliphatic rings. The predicted molar refractivity (Wildman–Crippen MR) is 63.5 cm³/mol. The third kappa shape index (κ3) is 2.44. The van der Waals surface area contributed by atoms with Crippen LogP contribution < -0.4 is 5.73 Å². The number of sulfonamides is 1. The summed E-state index contributed by atoms with van der Waals surface area (Å²) in [6.45, 7) is 2.64. The van der Waals surface area contributed by atoms with Crippen LogP contribution in [0.25, 0.3) is 0 Å². The zero-order valence-electron chi connectivity index (χ0n) is 9.22. The van der Waals surface area contributed by atoms with Crippen LogP contribution in [0.2, 0.25) is 0 Å². The molecule has 6 heteroatoms. The third-order valence-electron chi connectivity index (χ3n) is 3.03. The second-order valence-electron chi connectivity index (χ2n) is 4.29. The molecule has 0 bridgehead atoms. The summed E-state index contributed by atoms with van der Waals surface area (Å²) in [5.74, 6) is 0. The molecule has 1 saturated heterocycles. The number of hydrogen-bond donors (Lipinski definition) is 1. The van der Waals surface area contributed by atoms with Gasteiger partial charge in [0.25, 0.3) is 10.0 Å². The van der Waals surface area contributed by atoms with Crippen LogP contribution in [0.4, 0.5) is 0 Å². The maximum absolute atomic E-state index is 11.3.